The molecule has 0 saturated carbocycles. The van der Waals surface area contributed by atoms with Gasteiger partial charge in [-0.1, -0.05) is 30.3 Å². The van der Waals surface area contributed by atoms with E-state index in [-0.39, 0.29) is 5.91 Å². The van der Waals surface area contributed by atoms with E-state index in [9.17, 15) is 14.0 Å². The molecule has 3 N–H and O–H groups in total. The molecule has 0 bridgehead atoms. The maximum absolute atomic E-state index is 13.1. The molecule has 0 aliphatic rings. The smallest absolute Gasteiger partial charge is 0.256 e. The lowest BCUT2D eigenvalue weighted by Crippen LogP contribution is -2.40. The van der Waals surface area contributed by atoms with Crippen LogP contribution in [0.25, 0.3) is 10.9 Å². The molecule has 7 heteroatoms. The number of rotatable bonds is 5. The van der Waals surface area contributed by atoms with E-state index in [1.807, 2.05) is 44.2 Å². The molecule has 1 heterocycles. The van der Waals surface area contributed by atoms with Gasteiger partial charge in [-0.25, -0.2) is 4.39 Å². The molecule has 2 amide bonds. The van der Waals surface area contributed by atoms with E-state index in [1.165, 1.54) is 24.3 Å². The Labute approximate surface area is 178 Å². The van der Waals surface area contributed by atoms with Crippen molar-refractivity contribution in [3.8, 4) is 0 Å². The highest BCUT2D eigenvalue weighted by atomic mass is 19.1. The summed E-state index contributed by atoms with van der Waals surface area (Å²) in [6.07, 6.45) is 0. The molecule has 0 radical (unpaired) electrons. The van der Waals surface area contributed by atoms with Gasteiger partial charge in [-0.2, -0.15) is 5.10 Å². The summed E-state index contributed by atoms with van der Waals surface area (Å²) in [7, 11) is 0. The minimum Gasteiger partial charge on any atom is -0.343 e. The van der Waals surface area contributed by atoms with Gasteiger partial charge in [0, 0.05) is 16.5 Å². The van der Waals surface area contributed by atoms with Gasteiger partial charge in [0.15, 0.2) is 5.82 Å². The van der Waals surface area contributed by atoms with E-state index in [2.05, 4.69) is 20.8 Å². The average molecular weight is 416 g/mol. The summed E-state index contributed by atoms with van der Waals surface area (Å²) in [5.41, 5.74) is 1.84. The third kappa shape index (κ3) is 4.30. The second kappa shape index (κ2) is 8.02. The van der Waals surface area contributed by atoms with Crippen molar-refractivity contribution in [1.82, 2.24) is 15.5 Å². The minimum absolute atomic E-state index is 0.243. The molecular weight excluding hydrogens is 395 g/mol. The predicted octanol–water partition coefficient (Wildman–Crippen LogP) is 4.62. The number of carbonyl (C=O) groups is 2. The Morgan fingerprint density at radius 3 is 2.29 bits per heavy atom. The molecule has 4 aromatic rings. The van der Waals surface area contributed by atoms with Crippen LogP contribution in [0.1, 0.15) is 40.1 Å². The first-order valence-electron chi connectivity index (χ1n) is 9.76. The van der Waals surface area contributed by atoms with Crippen LogP contribution in [-0.4, -0.2) is 22.0 Å². The Kier molecular flexibility index (Phi) is 5.25. The topological polar surface area (TPSA) is 86.9 Å². The number of fused-ring (bicyclic) bond motifs is 1. The zero-order valence-electron chi connectivity index (χ0n) is 17.1. The number of benzene rings is 3. The van der Waals surface area contributed by atoms with Crippen LogP contribution in [0, 0.1) is 5.82 Å². The maximum Gasteiger partial charge on any atom is 0.256 e. The maximum atomic E-state index is 13.1. The molecule has 4 rings (SSSR count). The van der Waals surface area contributed by atoms with Crippen molar-refractivity contribution < 1.29 is 14.0 Å². The fraction of sp³-hybridized carbons (Fsp3) is 0.125. The monoisotopic (exact) mass is 416 g/mol. The summed E-state index contributed by atoms with van der Waals surface area (Å²) in [6, 6.07) is 20.0. The quantitative estimate of drug-likeness (QED) is 0.444. The highest BCUT2D eigenvalue weighted by Gasteiger charge is 2.23. The van der Waals surface area contributed by atoms with Crippen LogP contribution in [0.4, 0.5) is 10.2 Å². The number of H-pyrrole nitrogens is 1. The van der Waals surface area contributed by atoms with Crippen molar-refractivity contribution in [2.45, 2.75) is 19.4 Å². The van der Waals surface area contributed by atoms with Crippen LogP contribution in [0.5, 0.6) is 0 Å². The van der Waals surface area contributed by atoms with Gasteiger partial charge in [-0.3, -0.25) is 14.7 Å². The first kappa shape index (κ1) is 20.3. The standard InChI is InChI=1S/C24H21FN4O2/c1-24(2,17-6-4-3-5-7-17)27-23(31)16-10-13-20-19(14-16)21(29-28-20)26-22(30)15-8-11-18(25)12-9-15/h3-14H,1-2H3,(H,27,31)(H2,26,28,29,30). The molecule has 0 fully saturated rings. The van der Waals surface area contributed by atoms with Crippen LogP contribution < -0.4 is 10.6 Å². The van der Waals surface area contributed by atoms with Crippen LogP contribution in [0.3, 0.4) is 0 Å². The molecule has 0 unspecified atom stereocenters. The average Bonchev–Trinajstić information content (AvgIpc) is 3.16. The normalized spacial score (nSPS) is 11.3. The third-order valence-corrected chi connectivity index (χ3v) is 5.08. The summed E-state index contributed by atoms with van der Waals surface area (Å²) in [6.45, 7) is 3.87. The second-order valence-electron chi connectivity index (χ2n) is 7.74. The van der Waals surface area contributed by atoms with E-state index >= 15 is 0 Å². The van der Waals surface area contributed by atoms with Crippen molar-refractivity contribution in [3.05, 3.63) is 95.3 Å². The summed E-state index contributed by atoms with van der Waals surface area (Å²) < 4.78 is 13.1. The van der Waals surface area contributed by atoms with Gasteiger partial charge in [0.25, 0.3) is 11.8 Å². The Balaban J connectivity index is 1.57. The number of hydrogen-bond acceptors (Lipinski definition) is 3. The van der Waals surface area contributed by atoms with Crippen molar-refractivity contribution >= 4 is 28.5 Å². The number of nitrogens with one attached hydrogen (secondary N) is 3. The highest BCUT2D eigenvalue weighted by molar-refractivity contribution is 6.09. The van der Waals surface area contributed by atoms with Crippen LogP contribution >= 0.6 is 0 Å². The van der Waals surface area contributed by atoms with Gasteiger partial charge in [-0.15, -0.1) is 0 Å². The second-order valence-corrected chi connectivity index (χ2v) is 7.74. The van der Waals surface area contributed by atoms with Crippen molar-refractivity contribution in [3.63, 3.8) is 0 Å². The Hall–Kier alpha value is -4.00. The SMILES string of the molecule is CC(C)(NC(=O)c1ccc2[nH]nc(NC(=O)c3ccc(F)cc3)c2c1)c1ccccc1. The molecule has 0 aliphatic heterocycles. The number of halogens is 1. The first-order valence-corrected chi connectivity index (χ1v) is 9.76. The number of hydrogen-bond donors (Lipinski definition) is 3. The van der Waals surface area contributed by atoms with Gasteiger partial charge < -0.3 is 10.6 Å². The zero-order valence-corrected chi connectivity index (χ0v) is 17.1. The van der Waals surface area contributed by atoms with E-state index in [0.29, 0.717) is 27.8 Å². The van der Waals surface area contributed by atoms with Gasteiger partial charge in [0.1, 0.15) is 5.82 Å². The molecule has 0 spiro atoms. The number of amides is 2. The van der Waals surface area contributed by atoms with Crippen molar-refractivity contribution in [2.24, 2.45) is 0 Å². The van der Waals surface area contributed by atoms with Gasteiger partial charge in [0.2, 0.25) is 0 Å². The number of aromatic nitrogens is 2. The highest BCUT2D eigenvalue weighted by Crippen LogP contribution is 2.24. The van der Waals surface area contributed by atoms with Gasteiger partial charge >= 0.3 is 0 Å². The van der Waals surface area contributed by atoms with Gasteiger partial charge in [0.05, 0.1) is 11.1 Å². The van der Waals surface area contributed by atoms with Gasteiger partial charge in [-0.05, 0) is 61.9 Å². The van der Waals surface area contributed by atoms with E-state index in [4.69, 9.17) is 0 Å². The third-order valence-electron chi connectivity index (χ3n) is 5.08. The molecule has 6 nitrogen and oxygen atoms in total. The number of aromatic amines is 1. The fourth-order valence-electron chi connectivity index (χ4n) is 3.31. The summed E-state index contributed by atoms with van der Waals surface area (Å²) >= 11 is 0. The zero-order chi connectivity index (χ0) is 22.0. The van der Waals surface area contributed by atoms with Crippen LogP contribution in [0.2, 0.25) is 0 Å². The lowest BCUT2D eigenvalue weighted by atomic mass is 9.94. The summed E-state index contributed by atoms with van der Waals surface area (Å²) in [4.78, 5) is 25.4. The van der Waals surface area contributed by atoms with Crippen LogP contribution in [-0.2, 0) is 5.54 Å². The number of carbonyl (C=O) groups excluding carboxylic acids is 2. The molecule has 1 aromatic heterocycles. The summed E-state index contributed by atoms with van der Waals surface area (Å²) in [5, 5.41) is 13.3. The number of nitrogens with zero attached hydrogens (tertiary/aromatic N) is 1. The largest absolute Gasteiger partial charge is 0.343 e. The Morgan fingerprint density at radius 2 is 1.58 bits per heavy atom. The van der Waals surface area contributed by atoms with Crippen molar-refractivity contribution in [1.29, 1.82) is 0 Å². The molecule has 156 valence electrons. The minimum atomic E-state index is -0.566. The molecule has 0 atom stereocenters. The molecule has 0 saturated heterocycles. The molecule has 31 heavy (non-hydrogen) atoms. The lowest BCUT2D eigenvalue weighted by molar-refractivity contribution is 0.0911. The predicted molar refractivity (Wildman–Crippen MR) is 117 cm³/mol. The molecule has 3 aromatic carbocycles. The van der Waals surface area contributed by atoms with E-state index in [0.717, 1.165) is 5.56 Å². The Bertz CT molecular complexity index is 1250. The van der Waals surface area contributed by atoms with E-state index < -0.39 is 17.3 Å². The lowest BCUT2D eigenvalue weighted by Gasteiger charge is -2.27. The van der Waals surface area contributed by atoms with Crippen LogP contribution in [0.15, 0.2) is 72.8 Å². The molecule has 0 aliphatic carbocycles. The summed E-state index contributed by atoms with van der Waals surface area (Å²) in [5.74, 6) is -0.793. The molecular formula is C24H21FN4O2. The number of anilines is 1. The first-order chi connectivity index (χ1) is 14.8. The Morgan fingerprint density at radius 1 is 0.903 bits per heavy atom. The fourth-order valence-corrected chi connectivity index (χ4v) is 3.31. The van der Waals surface area contributed by atoms with E-state index in [1.54, 1.807) is 18.2 Å². The van der Waals surface area contributed by atoms with Crippen molar-refractivity contribution in [2.75, 3.05) is 5.32 Å².